The van der Waals surface area contributed by atoms with E-state index in [1.807, 2.05) is 67.6 Å². The van der Waals surface area contributed by atoms with Gasteiger partial charge in [0.25, 0.3) is 0 Å². The SMILES string of the molecule is C/C(=C/c1ccc(OCc2ccccc2)cc1)C(=O)c1ccc(Cl)cc1. The van der Waals surface area contributed by atoms with Crippen LogP contribution >= 0.6 is 11.6 Å². The molecular weight excluding hydrogens is 344 g/mol. The number of carbonyl (C=O) groups is 1. The minimum atomic E-state index is -0.00827. The van der Waals surface area contributed by atoms with Crippen LogP contribution in [0.25, 0.3) is 6.08 Å². The molecule has 3 aromatic rings. The summed E-state index contributed by atoms with van der Waals surface area (Å²) in [4.78, 5) is 12.5. The second-order valence-corrected chi connectivity index (χ2v) is 6.44. The summed E-state index contributed by atoms with van der Waals surface area (Å²) in [6, 6.07) is 24.7. The average molecular weight is 363 g/mol. The summed E-state index contributed by atoms with van der Waals surface area (Å²) in [5.41, 5.74) is 3.38. The number of rotatable bonds is 6. The lowest BCUT2D eigenvalue weighted by atomic mass is 10.0. The number of halogens is 1. The summed E-state index contributed by atoms with van der Waals surface area (Å²) in [7, 11) is 0. The Balaban J connectivity index is 1.65. The summed E-state index contributed by atoms with van der Waals surface area (Å²) >= 11 is 5.87. The van der Waals surface area contributed by atoms with Crippen molar-refractivity contribution < 1.29 is 9.53 Å². The van der Waals surface area contributed by atoms with E-state index in [0.29, 0.717) is 22.8 Å². The zero-order valence-electron chi connectivity index (χ0n) is 14.5. The smallest absolute Gasteiger partial charge is 0.188 e. The molecular formula is C23H19ClO2. The lowest BCUT2D eigenvalue weighted by Crippen LogP contribution is -2.00. The Labute approximate surface area is 158 Å². The van der Waals surface area contributed by atoms with Crippen molar-refractivity contribution in [3.8, 4) is 5.75 Å². The maximum absolute atomic E-state index is 12.5. The van der Waals surface area contributed by atoms with Crippen LogP contribution in [-0.4, -0.2) is 5.78 Å². The predicted octanol–water partition coefficient (Wildman–Crippen LogP) is 6.21. The van der Waals surface area contributed by atoms with Crippen molar-refractivity contribution in [1.29, 1.82) is 0 Å². The summed E-state index contributed by atoms with van der Waals surface area (Å²) in [5, 5.41) is 0.620. The molecule has 0 aliphatic heterocycles. The zero-order valence-corrected chi connectivity index (χ0v) is 15.2. The number of carbonyl (C=O) groups excluding carboxylic acids is 1. The van der Waals surface area contributed by atoms with Gasteiger partial charge in [0.2, 0.25) is 0 Å². The highest BCUT2D eigenvalue weighted by atomic mass is 35.5. The van der Waals surface area contributed by atoms with Crippen LogP contribution < -0.4 is 4.74 Å². The van der Waals surface area contributed by atoms with Crippen LogP contribution in [0.1, 0.15) is 28.4 Å². The number of ether oxygens (including phenoxy) is 1. The molecule has 0 aliphatic rings. The van der Waals surface area contributed by atoms with Gasteiger partial charge in [0.1, 0.15) is 12.4 Å². The third-order valence-corrected chi connectivity index (χ3v) is 4.23. The number of hydrogen-bond donors (Lipinski definition) is 0. The molecule has 0 radical (unpaired) electrons. The number of hydrogen-bond acceptors (Lipinski definition) is 2. The van der Waals surface area contributed by atoms with Gasteiger partial charge in [0.05, 0.1) is 0 Å². The van der Waals surface area contributed by atoms with Gasteiger partial charge in [0, 0.05) is 10.6 Å². The van der Waals surface area contributed by atoms with Gasteiger partial charge in [0.15, 0.2) is 5.78 Å². The standard InChI is InChI=1S/C23H19ClO2/c1-17(23(25)20-9-11-21(24)12-10-20)15-18-7-13-22(14-8-18)26-16-19-5-3-2-4-6-19/h2-15H,16H2,1H3/b17-15-. The summed E-state index contributed by atoms with van der Waals surface area (Å²) in [6.45, 7) is 2.35. The topological polar surface area (TPSA) is 26.3 Å². The van der Waals surface area contributed by atoms with Crippen molar-refractivity contribution in [3.05, 3.63) is 106 Å². The third kappa shape index (κ3) is 4.84. The van der Waals surface area contributed by atoms with Crippen molar-refractivity contribution >= 4 is 23.5 Å². The van der Waals surface area contributed by atoms with Crippen molar-refractivity contribution in [3.63, 3.8) is 0 Å². The van der Waals surface area contributed by atoms with E-state index in [0.717, 1.165) is 16.9 Å². The van der Waals surface area contributed by atoms with Crippen LogP contribution in [0.4, 0.5) is 0 Å². The van der Waals surface area contributed by atoms with Gasteiger partial charge in [-0.05, 0) is 66.1 Å². The van der Waals surface area contributed by atoms with E-state index in [1.165, 1.54) is 0 Å². The number of allylic oxidation sites excluding steroid dienone is 1. The first-order valence-corrected chi connectivity index (χ1v) is 8.75. The highest BCUT2D eigenvalue weighted by Crippen LogP contribution is 2.18. The van der Waals surface area contributed by atoms with Gasteiger partial charge < -0.3 is 4.74 Å². The first-order valence-electron chi connectivity index (χ1n) is 8.37. The molecule has 0 saturated heterocycles. The Kier molecular flexibility index (Phi) is 5.88. The molecule has 0 unspecified atom stereocenters. The first kappa shape index (κ1) is 18.0. The Bertz CT molecular complexity index is 895. The van der Waals surface area contributed by atoms with Gasteiger partial charge in [-0.25, -0.2) is 0 Å². The van der Waals surface area contributed by atoms with Crippen molar-refractivity contribution in [2.75, 3.05) is 0 Å². The fraction of sp³-hybridized carbons (Fsp3) is 0.0870. The molecule has 0 bridgehead atoms. The molecule has 0 N–H and O–H groups in total. The van der Waals surface area contributed by atoms with Gasteiger partial charge in [-0.1, -0.05) is 54.1 Å². The summed E-state index contributed by atoms with van der Waals surface area (Å²) in [5.74, 6) is 0.791. The minimum Gasteiger partial charge on any atom is -0.489 e. The molecule has 0 aromatic heterocycles. The van der Waals surface area contributed by atoms with E-state index in [1.54, 1.807) is 24.3 Å². The molecule has 3 rings (SSSR count). The maximum atomic E-state index is 12.5. The quantitative estimate of drug-likeness (QED) is 0.385. The van der Waals surface area contributed by atoms with E-state index in [4.69, 9.17) is 16.3 Å². The van der Waals surface area contributed by atoms with E-state index >= 15 is 0 Å². The molecule has 0 aliphatic carbocycles. The predicted molar refractivity (Wildman–Crippen MR) is 107 cm³/mol. The minimum absolute atomic E-state index is 0.00827. The van der Waals surface area contributed by atoms with Crippen LogP contribution in [0.5, 0.6) is 5.75 Å². The van der Waals surface area contributed by atoms with Crippen LogP contribution in [0.3, 0.4) is 0 Å². The monoisotopic (exact) mass is 362 g/mol. The van der Waals surface area contributed by atoms with Crippen LogP contribution in [-0.2, 0) is 6.61 Å². The van der Waals surface area contributed by atoms with E-state index < -0.39 is 0 Å². The van der Waals surface area contributed by atoms with Gasteiger partial charge in [-0.3, -0.25) is 4.79 Å². The molecule has 2 nitrogen and oxygen atoms in total. The van der Waals surface area contributed by atoms with Crippen molar-refractivity contribution in [2.45, 2.75) is 13.5 Å². The summed E-state index contributed by atoms with van der Waals surface area (Å²) < 4.78 is 5.78. The molecule has 0 saturated carbocycles. The van der Waals surface area contributed by atoms with Crippen LogP contribution in [0.2, 0.25) is 5.02 Å². The molecule has 0 heterocycles. The van der Waals surface area contributed by atoms with Crippen molar-refractivity contribution in [2.24, 2.45) is 0 Å². The number of Topliss-reactive ketones (excluding diaryl/α,β-unsaturated/α-hetero) is 1. The van der Waals surface area contributed by atoms with Crippen LogP contribution in [0.15, 0.2) is 84.4 Å². The highest BCUT2D eigenvalue weighted by molar-refractivity contribution is 6.30. The Morgan fingerprint density at radius 1 is 0.923 bits per heavy atom. The van der Waals surface area contributed by atoms with Crippen LogP contribution in [0, 0.1) is 0 Å². The first-order chi connectivity index (χ1) is 12.6. The number of ketones is 1. The highest BCUT2D eigenvalue weighted by Gasteiger charge is 2.08. The second kappa shape index (κ2) is 8.50. The second-order valence-electron chi connectivity index (χ2n) is 6.01. The van der Waals surface area contributed by atoms with E-state index in [-0.39, 0.29) is 5.78 Å². The zero-order chi connectivity index (χ0) is 18.4. The largest absolute Gasteiger partial charge is 0.489 e. The molecule has 0 atom stereocenters. The fourth-order valence-corrected chi connectivity index (χ4v) is 2.67. The average Bonchev–Trinajstić information content (AvgIpc) is 2.68. The molecule has 0 spiro atoms. The molecule has 26 heavy (non-hydrogen) atoms. The normalized spacial score (nSPS) is 11.2. The van der Waals surface area contributed by atoms with Gasteiger partial charge in [-0.2, -0.15) is 0 Å². The Morgan fingerprint density at radius 3 is 2.23 bits per heavy atom. The van der Waals surface area contributed by atoms with Crippen molar-refractivity contribution in [1.82, 2.24) is 0 Å². The maximum Gasteiger partial charge on any atom is 0.188 e. The number of benzene rings is 3. The van der Waals surface area contributed by atoms with Gasteiger partial charge in [-0.15, -0.1) is 0 Å². The third-order valence-electron chi connectivity index (χ3n) is 3.98. The van der Waals surface area contributed by atoms with E-state index in [2.05, 4.69) is 0 Å². The molecule has 3 heteroatoms. The van der Waals surface area contributed by atoms with E-state index in [9.17, 15) is 4.79 Å². The summed E-state index contributed by atoms with van der Waals surface area (Å²) in [6.07, 6.45) is 1.87. The Hall–Kier alpha value is -2.84. The molecule has 0 fully saturated rings. The fourth-order valence-electron chi connectivity index (χ4n) is 2.55. The molecule has 0 amide bonds. The lowest BCUT2D eigenvalue weighted by molar-refractivity contribution is 0.103. The Morgan fingerprint density at radius 2 is 1.58 bits per heavy atom. The lowest BCUT2D eigenvalue weighted by Gasteiger charge is -2.07. The van der Waals surface area contributed by atoms with Gasteiger partial charge >= 0.3 is 0 Å². The molecule has 130 valence electrons. The molecule has 3 aromatic carbocycles.